The molecule has 0 saturated carbocycles. The zero-order valence-electron chi connectivity index (χ0n) is 5.49. The van der Waals surface area contributed by atoms with Crippen molar-refractivity contribution in [2.24, 2.45) is 4.99 Å². The summed E-state index contributed by atoms with van der Waals surface area (Å²) in [6.45, 7) is 0.498. The molecular formula is C6H4ClN3O. The Morgan fingerprint density at radius 2 is 2.45 bits per heavy atom. The maximum Gasteiger partial charge on any atom is 0.350 e. The Kier molecular flexibility index (Phi) is 1.29. The molecule has 0 spiro atoms. The number of halogens is 1. The molecule has 1 aliphatic rings. The average molecular weight is 170 g/mol. The first kappa shape index (κ1) is 6.54. The van der Waals surface area contributed by atoms with E-state index in [9.17, 15) is 4.79 Å². The number of nitrogens with zero attached hydrogens (tertiary/aromatic N) is 3. The fraction of sp³-hybridized carbons (Fsp3) is 0.167. The lowest BCUT2D eigenvalue weighted by Gasteiger charge is -1.97. The molecule has 2 heterocycles. The van der Waals surface area contributed by atoms with Crippen LogP contribution in [0.3, 0.4) is 0 Å². The second-order valence-corrected chi connectivity index (χ2v) is 2.53. The van der Waals surface area contributed by atoms with E-state index in [2.05, 4.69) is 9.98 Å². The van der Waals surface area contributed by atoms with Gasteiger partial charge in [-0.15, -0.1) is 0 Å². The monoisotopic (exact) mass is 169 g/mol. The third-order valence-corrected chi connectivity index (χ3v) is 1.64. The number of aromatic nitrogens is 2. The van der Waals surface area contributed by atoms with Gasteiger partial charge in [-0.25, -0.2) is 9.79 Å². The largest absolute Gasteiger partial charge is 0.350 e. The summed E-state index contributed by atoms with van der Waals surface area (Å²) < 4.78 is 1.45. The van der Waals surface area contributed by atoms with Gasteiger partial charge in [0, 0.05) is 12.3 Å². The van der Waals surface area contributed by atoms with Crippen molar-refractivity contribution in [3.63, 3.8) is 0 Å². The van der Waals surface area contributed by atoms with Crippen LogP contribution in [0.25, 0.3) is 0 Å². The van der Waals surface area contributed by atoms with Gasteiger partial charge in [-0.05, 0) is 0 Å². The lowest BCUT2D eigenvalue weighted by atomic mass is 10.6. The molecule has 4 nitrogen and oxygen atoms in total. The van der Waals surface area contributed by atoms with Gasteiger partial charge in [0.05, 0.1) is 6.54 Å². The van der Waals surface area contributed by atoms with Gasteiger partial charge in [0.25, 0.3) is 0 Å². The molecule has 0 amide bonds. The van der Waals surface area contributed by atoms with Crippen LogP contribution in [0, 0.1) is 0 Å². The highest BCUT2D eigenvalue weighted by molar-refractivity contribution is 6.29. The summed E-state index contributed by atoms with van der Waals surface area (Å²) in [6.07, 6.45) is 1.65. The van der Waals surface area contributed by atoms with Gasteiger partial charge in [-0.1, -0.05) is 11.6 Å². The number of hydrogen-bond acceptors (Lipinski definition) is 3. The minimum absolute atomic E-state index is 0.195. The highest BCUT2D eigenvalue weighted by Crippen LogP contribution is 2.15. The summed E-state index contributed by atoms with van der Waals surface area (Å²) >= 11 is 5.53. The van der Waals surface area contributed by atoms with Crippen LogP contribution in [0.2, 0.25) is 5.15 Å². The Morgan fingerprint density at radius 1 is 1.64 bits per heavy atom. The van der Waals surface area contributed by atoms with E-state index in [0.29, 0.717) is 12.4 Å². The average Bonchev–Trinajstić information content (AvgIpc) is 2.34. The first-order valence-corrected chi connectivity index (χ1v) is 3.45. The van der Waals surface area contributed by atoms with Crippen LogP contribution in [-0.2, 0) is 6.54 Å². The second-order valence-electron chi connectivity index (χ2n) is 2.14. The summed E-state index contributed by atoms with van der Waals surface area (Å²) in [5, 5.41) is 0.195. The van der Waals surface area contributed by atoms with Gasteiger partial charge >= 0.3 is 5.69 Å². The van der Waals surface area contributed by atoms with Gasteiger partial charge in [0.15, 0.2) is 0 Å². The van der Waals surface area contributed by atoms with Gasteiger partial charge < -0.3 is 0 Å². The van der Waals surface area contributed by atoms with Crippen LogP contribution in [0.15, 0.2) is 15.9 Å². The highest BCUT2D eigenvalue weighted by atomic mass is 35.5. The normalized spacial score (nSPS) is 13.5. The zero-order chi connectivity index (χ0) is 7.84. The standard InChI is InChI=1S/C6H4ClN3O/c7-4-3-5-8-1-2-10(5)6(11)9-4/h1,3H,2H2. The molecule has 0 bridgehead atoms. The number of rotatable bonds is 0. The van der Waals surface area contributed by atoms with E-state index in [4.69, 9.17) is 11.6 Å². The van der Waals surface area contributed by atoms with Gasteiger partial charge in [0.2, 0.25) is 0 Å². The van der Waals surface area contributed by atoms with Crippen LogP contribution in [0.4, 0.5) is 5.82 Å². The highest BCUT2D eigenvalue weighted by Gasteiger charge is 2.08. The van der Waals surface area contributed by atoms with Crippen molar-refractivity contribution in [2.45, 2.75) is 6.54 Å². The Morgan fingerprint density at radius 3 is 3.27 bits per heavy atom. The van der Waals surface area contributed by atoms with Gasteiger partial charge in [-0.2, -0.15) is 4.98 Å². The predicted molar refractivity (Wildman–Crippen MR) is 41.7 cm³/mol. The molecule has 0 aromatic carbocycles. The summed E-state index contributed by atoms with van der Waals surface area (Å²) in [7, 11) is 0. The number of aliphatic imine (C=N–C) groups is 1. The van der Waals surface area contributed by atoms with Crippen LogP contribution in [0.5, 0.6) is 0 Å². The minimum Gasteiger partial charge on any atom is -0.271 e. The van der Waals surface area contributed by atoms with E-state index in [-0.39, 0.29) is 10.8 Å². The maximum absolute atomic E-state index is 11.0. The lowest BCUT2D eigenvalue weighted by Crippen LogP contribution is -2.20. The van der Waals surface area contributed by atoms with Crippen molar-refractivity contribution < 1.29 is 0 Å². The van der Waals surface area contributed by atoms with Crippen molar-refractivity contribution in [2.75, 3.05) is 0 Å². The van der Waals surface area contributed by atoms with Crippen molar-refractivity contribution in [3.05, 3.63) is 21.7 Å². The van der Waals surface area contributed by atoms with Crippen molar-refractivity contribution in [1.29, 1.82) is 0 Å². The molecule has 56 valence electrons. The van der Waals surface area contributed by atoms with Gasteiger partial charge in [0.1, 0.15) is 11.0 Å². The van der Waals surface area contributed by atoms with Crippen molar-refractivity contribution >= 4 is 23.6 Å². The predicted octanol–water partition coefficient (Wildman–Crippen LogP) is 0.613. The Bertz CT molecular complexity index is 382. The summed E-state index contributed by atoms with van der Waals surface area (Å²) in [5.41, 5.74) is -0.343. The zero-order valence-corrected chi connectivity index (χ0v) is 6.25. The fourth-order valence-corrected chi connectivity index (χ4v) is 1.13. The molecule has 0 aliphatic carbocycles. The SMILES string of the molecule is O=c1nc(Cl)cc2n1CC=N2. The molecular weight excluding hydrogens is 166 g/mol. The van der Waals surface area contributed by atoms with Crippen LogP contribution < -0.4 is 5.69 Å². The molecule has 5 heteroatoms. The molecule has 11 heavy (non-hydrogen) atoms. The minimum atomic E-state index is -0.343. The van der Waals surface area contributed by atoms with Crippen LogP contribution in [-0.4, -0.2) is 15.8 Å². The maximum atomic E-state index is 11.0. The number of fused-ring (bicyclic) bond motifs is 1. The number of hydrogen-bond donors (Lipinski definition) is 0. The molecule has 1 aromatic rings. The molecule has 1 aliphatic heterocycles. The van der Waals surface area contributed by atoms with Crippen molar-refractivity contribution in [1.82, 2.24) is 9.55 Å². The van der Waals surface area contributed by atoms with Crippen LogP contribution in [0.1, 0.15) is 0 Å². The first-order chi connectivity index (χ1) is 5.27. The summed E-state index contributed by atoms with van der Waals surface area (Å²) in [5.74, 6) is 0.579. The van der Waals surface area contributed by atoms with E-state index < -0.39 is 0 Å². The van der Waals surface area contributed by atoms with Gasteiger partial charge in [-0.3, -0.25) is 4.57 Å². The molecule has 0 radical (unpaired) electrons. The third kappa shape index (κ3) is 0.952. The quantitative estimate of drug-likeness (QED) is 0.535. The van der Waals surface area contributed by atoms with E-state index in [1.54, 1.807) is 12.3 Å². The van der Waals surface area contributed by atoms with Crippen LogP contribution >= 0.6 is 11.6 Å². The molecule has 0 unspecified atom stereocenters. The molecule has 2 rings (SSSR count). The topological polar surface area (TPSA) is 47.2 Å². The molecule has 0 N–H and O–H groups in total. The summed E-state index contributed by atoms with van der Waals surface area (Å²) in [6, 6.07) is 1.56. The van der Waals surface area contributed by atoms with E-state index in [1.165, 1.54) is 4.57 Å². The first-order valence-electron chi connectivity index (χ1n) is 3.07. The Balaban J connectivity index is 2.76. The lowest BCUT2D eigenvalue weighted by molar-refractivity contribution is 0.803. The fourth-order valence-electron chi connectivity index (χ4n) is 0.961. The van der Waals surface area contributed by atoms with E-state index in [1.807, 2.05) is 0 Å². The van der Waals surface area contributed by atoms with E-state index >= 15 is 0 Å². The molecule has 0 atom stereocenters. The molecule has 0 fully saturated rings. The van der Waals surface area contributed by atoms with Crippen molar-refractivity contribution in [3.8, 4) is 0 Å². The summed E-state index contributed by atoms with van der Waals surface area (Å²) in [4.78, 5) is 18.5. The van der Waals surface area contributed by atoms with E-state index in [0.717, 1.165) is 0 Å². The third-order valence-electron chi connectivity index (χ3n) is 1.45. The molecule has 1 aromatic heterocycles. The smallest absolute Gasteiger partial charge is 0.271 e. The Labute approximate surface area is 67.2 Å². The second kappa shape index (κ2) is 2.17. The molecule has 0 saturated heterocycles. The Hall–Kier alpha value is -1.16.